The molecule has 0 radical (unpaired) electrons. The van der Waals surface area contributed by atoms with Gasteiger partial charge in [0.1, 0.15) is 5.69 Å². The average molecular weight is 376 g/mol. The molecular weight excluding hydrogens is 352 g/mol. The number of hydrogen-bond acceptors (Lipinski definition) is 4. The summed E-state index contributed by atoms with van der Waals surface area (Å²) < 4.78 is 3.94. The van der Waals surface area contributed by atoms with Crippen molar-refractivity contribution in [2.75, 3.05) is 6.54 Å². The summed E-state index contributed by atoms with van der Waals surface area (Å²) in [4.78, 5) is 15.3. The molecule has 7 heteroatoms. The molecule has 5 rings (SSSR count). The number of nitrogens with zero attached hydrogens (tertiary/aromatic N) is 6. The second-order valence-corrected chi connectivity index (χ2v) is 7.82. The van der Waals surface area contributed by atoms with Crippen molar-refractivity contribution < 1.29 is 4.79 Å². The van der Waals surface area contributed by atoms with Gasteiger partial charge in [0, 0.05) is 24.7 Å². The largest absolute Gasteiger partial charge is 0.328 e. The van der Waals surface area contributed by atoms with Gasteiger partial charge >= 0.3 is 0 Å². The van der Waals surface area contributed by atoms with E-state index in [-0.39, 0.29) is 11.9 Å². The molecule has 144 valence electrons. The highest BCUT2D eigenvalue weighted by molar-refractivity contribution is 5.94. The molecular formula is C21H24N6O. The molecule has 1 aliphatic heterocycles. The molecule has 3 aromatic rings. The molecule has 2 aliphatic rings. The third kappa shape index (κ3) is 2.65. The molecule has 0 unspecified atom stereocenters. The second kappa shape index (κ2) is 6.58. The lowest BCUT2D eigenvalue weighted by molar-refractivity contribution is 0.0669. The van der Waals surface area contributed by atoms with Crippen molar-refractivity contribution in [3.63, 3.8) is 0 Å². The summed E-state index contributed by atoms with van der Waals surface area (Å²) in [7, 11) is 1.88. The van der Waals surface area contributed by atoms with E-state index in [1.165, 1.54) is 0 Å². The van der Waals surface area contributed by atoms with Gasteiger partial charge in [-0.15, -0.1) is 10.2 Å². The van der Waals surface area contributed by atoms with Crippen molar-refractivity contribution in [1.29, 1.82) is 0 Å². The number of carbonyl (C=O) groups excluding carboxylic acids is 1. The van der Waals surface area contributed by atoms with Crippen LogP contribution in [0.15, 0.2) is 30.3 Å². The van der Waals surface area contributed by atoms with Gasteiger partial charge < -0.3 is 9.47 Å². The maximum atomic E-state index is 13.4. The summed E-state index contributed by atoms with van der Waals surface area (Å²) >= 11 is 0. The number of fused-ring (bicyclic) bond motifs is 2. The van der Waals surface area contributed by atoms with Gasteiger partial charge in [-0.2, -0.15) is 5.10 Å². The zero-order valence-corrected chi connectivity index (χ0v) is 16.3. The van der Waals surface area contributed by atoms with Crippen LogP contribution in [0.2, 0.25) is 0 Å². The van der Waals surface area contributed by atoms with Gasteiger partial charge in [-0.25, -0.2) is 0 Å². The summed E-state index contributed by atoms with van der Waals surface area (Å²) in [5.74, 6) is 1.76. The van der Waals surface area contributed by atoms with E-state index in [2.05, 4.69) is 26.8 Å². The van der Waals surface area contributed by atoms with Gasteiger partial charge in [-0.1, -0.05) is 30.3 Å². The topological polar surface area (TPSA) is 68.8 Å². The smallest absolute Gasteiger partial charge is 0.272 e. The fourth-order valence-corrected chi connectivity index (χ4v) is 4.57. The molecule has 0 fully saturated rings. The molecule has 1 aromatic carbocycles. The van der Waals surface area contributed by atoms with Crippen LogP contribution < -0.4 is 0 Å². The summed E-state index contributed by atoms with van der Waals surface area (Å²) in [5.41, 5.74) is 4.03. The van der Waals surface area contributed by atoms with Crippen LogP contribution in [0.1, 0.15) is 53.4 Å². The Labute approximate surface area is 164 Å². The average Bonchev–Trinajstić information content (AvgIpc) is 3.28. The number of benzene rings is 1. The predicted octanol–water partition coefficient (Wildman–Crippen LogP) is 2.77. The van der Waals surface area contributed by atoms with Gasteiger partial charge in [0.15, 0.2) is 11.6 Å². The summed E-state index contributed by atoms with van der Waals surface area (Å²) in [5, 5.41) is 13.4. The third-order valence-electron chi connectivity index (χ3n) is 5.86. The zero-order chi connectivity index (χ0) is 19.3. The van der Waals surface area contributed by atoms with Gasteiger partial charge in [0.25, 0.3) is 5.91 Å². The Morgan fingerprint density at radius 2 is 1.89 bits per heavy atom. The number of carbonyl (C=O) groups is 1. The molecule has 1 atom stereocenters. The molecule has 0 N–H and O–H groups in total. The fraction of sp³-hybridized carbons (Fsp3) is 0.429. The highest BCUT2D eigenvalue weighted by Gasteiger charge is 2.33. The molecule has 28 heavy (non-hydrogen) atoms. The summed E-state index contributed by atoms with van der Waals surface area (Å²) in [6, 6.07) is 10.2. The van der Waals surface area contributed by atoms with Crippen LogP contribution in [0.4, 0.5) is 0 Å². The molecule has 2 aromatic heterocycles. The summed E-state index contributed by atoms with van der Waals surface area (Å²) in [6.07, 6.45) is 4.21. The minimum absolute atomic E-state index is 0.0560. The Morgan fingerprint density at radius 1 is 1.11 bits per heavy atom. The van der Waals surface area contributed by atoms with E-state index in [1.807, 2.05) is 42.3 Å². The first-order chi connectivity index (χ1) is 13.6. The first-order valence-corrected chi connectivity index (χ1v) is 9.96. The minimum Gasteiger partial charge on any atom is -0.328 e. The molecule has 0 spiro atoms. The predicted molar refractivity (Wildman–Crippen MR) is 105 cm³/mol. The highest BCUT2D eigenvalue weighted by atomic mass is 16.2. The van der Waals surface area contributed by atoms with Crippen LogP contribution in [0, 0.1) is 0 Å². The Morgan fingerprint density at radius 3 is 2.71 bits per heavy atom. The van der Waals surface area contributed by atoms with Gasteiger partial charge in [0.05, 0.1) is 18.3 Å². The maximum absolute atomic E-state index is 13.4. The SMILES string of the molecule is C[C@H]1CN(C(=O)c2c3c(nn2C)CCCC3)Cc2nnc(-c3ccccc3)n21. The van der Waals surface area contributed by atoms with E-state index >= 15 is 0 Å². The number of amides is 1. The van der Waals surface area contributed by atoms with Gasteiger partial charge in [-0.05, 0) is 32.6 Å². The Bertz CT molecular complexity index is 1030. The van der Waals surface area contributed by atoms with E-state index in [4.69, 9.17) is 0 Å². The number of aryl methyl sites for hydroxylation is 2. The van der Waals surface area contributed by atoms with Crippen LogP contribution in [-0.4, -0.2) is 41.9 Å². The first kappa shape index (κ1) is 17.2. The van der Waals surface area contributed by atoms with E-state index in [0.717, 1.165) is 59.8 Å². The van der Waals surface area contributed by atoms with Crippen molar-refractivity contribution in [1.82, 2.24) is 29.4 Å². The van der Waals surface area contributed by atoms with Crippen LogP contribution in [0.3, 0.4) is 0 Å². The molecule has 0 saturated carbocycles. The molecule has 1 aliphatic carbocycles. The van der Waals surface area contributed by atoms with Crippen LogP contribution in [0.5, 0.6) is 0 Å². The van der Waals surface area contributed by atoms with Gasteiger partial charge in [-0.3, -0.25) is 9.48 Å². The third-order valence-corrected chi connectivity index (χ3v) is 5.86. The van der Waals surface area contributed by atoms with Crippen LogP contribution in [-0.2, 0) is 26.4 Å². The fourth-order valence-electron chi connectivity index (χ4n) is 4.57. The molecule has 7 nitrogen and oxygen atoms in total. The standard InChI is InChI=1S/C21H24N6O/c1-14-12-26(21(28)19-16-10-6-7-11-17(16)24-25(19)2)13-18-22-23-20(27(14)18)15-8-4-3-5-9-15/h3-5,8-9,14H,6-7,10-13H2,1-2H3/t14-/m0/s1. The number of aromatic nitrogens is 5. The highest BCUT2D eigenvalue weighted by Crippen LogP contribution is 2.30. The number of rotatable bonds is 2. The Hall–Kier alpha value is -2.96. The minimum atomic E-state index is 0.0560. The monoisotopic (exact) mass is 376 g/mol. The normalized spacial score (nSPS) is 18.6. The molecule has 1 amide bonds. The Balaban J connectivity index is 1.47. The van der Waals surface area contributed by atoms with Crippen molar-refractivity contribution in [3.05, 3.63) is 53.1 Å². The number of hydrogen-bond donors (Lipinski definition) is 0. The van der Waals surface area contributed by atoms with E-state index in [0.29, 0.717) is 13.1 Å². The van der Waals surface area contributed by atoms with Crippen molar-refractivity contribution in [2.45, 2.75) is 45.2 Å². The lowest BCUT2D eigenvalue weighted by atomic mass is 9.95. The lowest BCUT2D eigenvalue weighted by Crippen LogP contribution is -2.41. The van der Waals surface area contributed by atoms with E-state index < -0.39 is 0 Å². The second-order valence-electron chi connectivity index (χ2n) is 7.82. The van der Waals surface area contributed by atoms with Crippen LogP contribution in [0.25, 0.3) is 11.4 Å². The van der Waals surface area contributed by atoms with Gasteiger partial charge in [0.2, 0.25) is 0 Å². The Kier molecular flexibility index (Phi) is 4.03. The lowest BCUT2D eigenvalue weighted by Gasteiger charge is -2.33. The molecule has 0 bridgehead atoms. The molecule has 3 heterocycles. The van der Waals surface area contributed by atoms with Crippen molar-refractivity contribution in [3.8, 4) is 11.4 Å². The molecule has 0 saturated heterocycles. The van der Waals surface area contributed by atoms with E-state index in [1.54, 1.807) is 4.68 Å². The summed E-state index contributed by atoms with van der Waals surface area (Å²) in [6.45, 7) is 3.24. The quantitative estimate of drug-likeness (QED) is 0.690. The first-order valence-electron chi connectivity index (χ1n) is 9.96. The van der Waals surface area contributed by atoms with Crippen molar-refractivity contribution in [2.24, 2.45) is 7.05 Å². The van der Waals surface area contributed by atoms with Crippen molar-refractivity contribution >= 4 is 5.91 Å². The zero-order valence-electron chi connectivity index (χ0n) is 16.3. The van der Waals surface area contributed by atoms with E-state index in [9.17, 15) is 4.79 Å². The van der Waals surface area contributed by atoms with Crippen LogP contribution >= 0.6 is 0 Å². The maximum Gasteiger partial charge on any atom is 0.272 e.